The zero-order valence-electron chi connectivity index (χ0n) is 15.6. The molecule has 2 aliphatic heterocycles. The zero-order valence-corrected chi connectivity index (χ0v) is 16.5. The number of carbonyl (C=O) groups excluding carboxylic acids is 2. The smallest absolute Gasteiger partial charge is 0.293 e. The monoisotopic (exact) mass is 404 g/mol. The standard InChI is InChI=1S/C19H24N4O4S/c24-17(23-7-5-22(6-8-23)12-15-3-1-9-26-15)11-14-13-28-19(20-14)21-18(25)16-4-2-10-27-16/h2,4,10,13,15H,1,3,5-9,11-12H2,(H,20,21,25). The number of nitrogens with one attached hydrogen (secondary N) is 1. The predicted molar refractivity (Wildman–Crippen MR) is 104 cm³/mol. The van der Waals surface area contributed by atoms with E-state index >= 15 is 0 Å². The number of hydrogen-bond donors (Lipinski definition) is 1. The molecule has 4 heterocycles. The highest BCUT2D eigenvalue weighted by Gasteiger charge is 2.25. The van der Waals surface area contributed by atoms with Crippen LogP contribution in [0.15, 0.2) is 28.2 Å². The predicted octanol–water partition coefficient (Wildman–Crippen LogP) is 1.85. The Bertz CT molecular complexity index is 793. The van der Waals surface area contributed by atoms with E-state index in [1.807, 2.05) is 10.3 Å². The number of amides is 2. The molecule has 0 radical (unpaired) electrons. The molecule has 0 spiro atoms. The van der Waals surface area contributed by atoms with Crippen LogP contribution in [0.2, 0.25) is 0 Å². The summed E-state index contributed by atoms with van der Waals surface area (Å²) in [5, 5.41) is 4.96. The molecule has 0 aliphatic carbocycles. The number of carbonyl (C=O) groups is 2. The van der Waals surface area contributed by atoms with Crippen LogP contribution in [0.4, 0.5) is 5.13 Å². The van der Waals surface area contributed by atoms with Crippen LogP contribution >= 0.6 is 11.3 Å². The van der Waals surface area contributed by atoms with Crippen LogP contribution in [-0.2, 0) is 16.0 Å². The van der Waals surface area contributed by atoms with Crippen molar-refractivity contribution in [2.24, 2.45) is 0 Å². The average molecular weight is 404 g/mol. The molecule has 2 aliphatic rings. The third-order valence-corrected chi connectivity index (χ3v) is 5.87. The van der Waals surface area contributed by atoms with Crippen molar-refractivity contribution in [2.45, 2.75) is 25.4 Å². The highest BCUT2D eigenvalue weighted by atomic mass is 32.1. The van der Waals surface area contributed by atoms with Gasteiger partial charge in [-0.2, -0.15) is 0 Å². The third-order valence-electron chi connectivity index (χ3n) is 5.06. The van der Waals surface area contributed by atoms with Gasteiger partial charge >= 0.3 is 0 Å². The van der Waals surface area contributed by atoms with E-state index in [9.17, 15) is 9.59 Å². The fraction of sp³-hybridized carbons (Fsp3) is 0.526. The zero-order chi connectivity index (χ0) is 19.3. The second-order valence-corrected chi connectivity index (χ2v) is 7.93. The molecule has 0 bridgehead atoms. The summed E-state index contributed by atoms with van der Waals surface area (Å²) >= 11 is 1.30. The van der Waals surface area contributed by atoms with Gasteiger partial charge in [-0.25, -0.2) is 4.98 Å². The van der Waals surface area contributed by atoms with Gasteiger partial charge in [-0.15, -0.1) is 11.3 Å². The molecule has 4 rings (SSSR count). The summed E-state index contributed by atoms with van der Waals surface area (Å²) in [5.74, 6) is -0.0423. The van der Waals surface area contributed by atoms with Gasteiger partial charge in [0.05, 0.1) is 24.5 Å². The van der Waals surface area contributed by atoms with E-state index in [1.165, 1.54) is 17.6 Å². The normalized spacial score (nSPS) is 20.4. The van der Waals surface area contributed by atoms with E-state index in [2.05, 4.69) is 15.2 Å². The number of piperazine rings is 1. The van der Waals surface area contributed by atoms with Gasteiger partial charge in [0.1, 0.15) is 0 Å². The molecular weight excluding hydrogens is 380 g/mol. The lowest BCUT2D eigenvalue weighted by Gasteiger charge is -2.35. The molecule has 0 saturated carbocycles. The molecule has 150 valence electrons. The lowest BCUT2D eigenvalue weighted by atomic mass is 10.2. The van der Waals surface area contributed by atoms with Crippen molar-refractivity contribution in [1.82, 2.24) is 14.8 Å². The number of rotatable bonds is 6. The molecule has 1 unspecified atom stereocenters. The lowest BCUT2D eigenvalue weighted by Crippen LogP contribution is -2.50. The van der Waals surface area contributed by atoms with Crippen LogP contribution in [0.3, 0.4) is 0 Å². The summed E-state index contributed by atoms with van der Waals surface area (Å²) in [4.78, 5) is 33.2. The first-order chi connectivity index (χ1) is 13.7. The van der Waals surface area contributed by atoms with Crippen LogP contribution in [0, 0.1) is 0 Å². The highest BCUT2D eigenvalue weighted by Crippen LogP contribution is 2.18. The van der Waals surface area contributed by atoms with Gasteiger partial charge < -0.3 is 14.1 Å². The molecule has 2 fully saturated rings. The Morgan fingerprint density at radius 2 is 2.14 bits per heavy atom. The minimum Gasteiger partial charge on any atom is -0.459 e. The van der Waals surface area contributed by atoms with Gasteiger partial charge in [0.25, 0.3) is 5.91 Å². The fourth-order valence-corrected chi connectivity index (χ4v) is 4.24. The Balaban J connectivity index is 1.23. The van der Waals surface area contributed by atoms with Gasteiger partial charge in [-0.05, 0) is 25.0 Å². The topological polar surface area (TPSA) is 87.9 Å². The fourth-order valence-electron chi connectivity index (χ4n) is 3.53. The molecule has 1 atom stereocenters. The van der Waals surface area contributed by atoms with Gasteiger partial charge in [-0.1, -0.05) is 0 Å². The third kappa shape index (κ3) is 4.78. The largest absolute Gasteiger partial charge is 0.459 e. The first-order valence-corrected chi connectivity index (χ1v) is 10.5. The molecule has 2 aromatic rings. The van der Waals surface area contributed by atoms with E-state index in [4.69, 9.17) is 9.15 Å². The van der Waals surface area contributed by atoms with Gasteiger partial charge in [0, 0.05) is 44.7 Å². The Kier molecular flexibility index (Phi) is 6.04. The van der Waals surface area contributed by atoms with Crippen LogP contribution in [0.25, 0.3) is 0 Å². The number of ether oxygens (including phenoxy) is 1. The van der Waals surface area contributed by atoms with Crippen molar-refractivity contribution in [3.63, 3.8) is 0 Å². The first kappa shape index (κ1) is 19.1. The summed E-state index contributed by atoms with van der Waals surface area (Å²) in [5.41, 5.74) is 0.673. The molecule has 9 heteroatoms. The molecule has 1 N–H and O–H groups in total. The quantitative estimate of drug-likeness (QED) is 0.791. The number of anilines is 1. The number of nitrogens with zero attached hydrogens (tertiary/aromatic N) is 3. The first-order valence-electron chi connectivity index (χ1n) is 9.58. The molecule has 2 saturated heterocycles. The van der Waals surface area contributed by atoms with Gasteiger partial charge in [-0.3, -0.25) is 19.8 Å². The van der Waals surface area contributed by atoms with Crippen LogP contribution in [0.1, 0.15) is 29.1 Å². The number of thiazole rings is 1. The van der Waals surface area contributed by atoms with E-state index in [0.717, 1.165) is 52.2 Å². The minimum atomic E-state index is -0.348. The highest BCUT2D eigenvalue weighted by molar-refractivity contribution is 7.14. The maximum Gasteiger partial charge on any atom is 0.293 e. The van der Waals surface area contributed by atoms with Crippen LogP contribution in [-0.4, -0.2) is 72.0 Å². The van der Waals surface area contributed by atoms with Crippen molar-refractivity contribution in [3.8, 4) is 0 Å². The molecule has 2 aromatic heterocycles. The average Bonchev–Trinajstić information content (AvgIpc) is 3.45. The number of hydrogen-bond acceptors (Lipinski definition) is 7. The summed E-state index contributed by atoms with van der Waals surface area (Å²) in [6.45, 7) is 5.07. The molecule has 0 aromatic carbocycles. The number of aromatic nitrogens is 1. The summed E-state index contributed by atoms with van der Waals surface area (Å²) < 4.78 is 10.8. The number of furan rings is 1. The van der Waals surface area contributed by atoms with Crippen molar-refractivity contribution < 1.29 is 18.7 Å². The van der Waals surface area contributed by atoms with Crippen LogP contribution < -0.4 is 5.32 Å². The van der Waals surface area contributed by atoms with Crippen molar-refractivity contribution in [1.29, 1.82) is 0 Å². The Morgan fingerprint density at radius 1 is 1.29 bits per heavy atom. The van der Waals surface area contributed by atoms with Crippen molar-refractivity contribution >= 4 is 28.3 Å². The van der Waals surface area contributed by atoms with E-state index in [0.29, 0.717) is 16.9 Å². The second-order valence-electron chi connectivity index (χ2n) is 7.07. The molecule has 28 heavy (non-hydrogen) atoms. The maximum atomic E-state index is 12.6. The Morgan fingerprint density at radius 3 is 2.86 bits per heavy atom. The van der Waals surface area contributed by atoms with Crippen molar-refractivity contribution in [3.05, 3.63) is 35.2 Å². The molecule has 2 amide bonds. The van der Waals surface area contributed by atoms with E-state index < -0.39 is 0 Å². The van der Waals surface area contributed by atoms with Crippen LogP contribution in [0.5, 0.6) is 0 Å². The maximum absolute atomic E-state index is 12.6. The van der Waals surface area contributed by atoms with Crippen molar-refractivity contribution in [2.75, 3.05) is 44.6 Å². The SMILES string of the molecule is O=C(Nc1nc(CC(=O)N2CCN(CC3CCCO3)CC2)cs1)c1ccco1. The summed E-state index contributed by atoms with van der Waals surface area (Å²) in [6, 6.07) is 3.24. The summed E-state index contributed by atoms with van der Waals surface area (Å²) in [7, 11) is 0. The second kappa shape index (κ2) is 8.85. The van der Waals surface area contributed by atoms with E-state index in [-0.39, 0.29) is 24.0 Å². The van der Waals surface area contributed by atoms with E-state index in [1.54, 1.807) is 12.1 Å². The van der Waals surface area contributed by atoms with Gasteiger partial charge in [0.2, 0.25) is 5.91 Å². The molecule has 8 nitrogen and oxygen atoms in total. The Labute approximate surface area is 167 Å². The Hall–Kier alpha value is -2.23. The van der Waals surface area contributed by atoms with Gasteiger partial charge in [0.15, 0.2) is 10.9 Å². The minimum absolute atomic E-state index is 0.0750. The summed E-state index contributed by atoms with van der Waals surface area (Å²) in [6.07, 6.45) is 4.34. The lowest BCUT2D eigenvalue weighted by molar-refractivity contribution is -0.132. The molecular formula is C19H24N4O4S.